The third kappa shape index (κ3) is 5.98. The number of pyridine rings is 3. The van der Waals surface area contributed by atoms with Crippen molar-refractivity contribution >= 4 is 33.5 Å². The van der Waals surface area contributed by atoms with Gasteiger partial charge in [-0.3, -0.25) is 24.8 Å². The van der Waals surface area contributed by atoms with Gasteiger partial charge in [0.15, 0.2) is 0 Å². The molecule has 6 heterocycles. The summed E-state index contributed by atoms with van der Waals surface area (Å²) in [6, 6.07) is 21.5. The quantitative estimate of drug-likeness (QED) is 0.154. The van der Waals surface area contributed by atoms with Crippen molar-refractivity contribution in [1.82, 2.24) is 35.0 Å². The number of aromatic nitrogens is 6. The number of benzene rings is 2. The van der Waals surface area contributed by atoms with E-state index in [1.165, 1.54) is 25.0 Å². The Labute approximate surface area is 275 Å². The van der Waals surface area contributed by atoms with Gasteiger partial charge in [-0.2, -0.15) is 5.10 Å². The fraction of sp³-hybridized carbons (Fsp3) is 0.162. The first-order valence-electron chi connectivity index (χ1n) is 15.9. The van der Waals surface area contributed by atoms with Gasteiger partial charge >= 0.3 is 0 Å². The molecule has 1 aliphatic rings. The number of H-pyrrole nitrogens is 2. The van der Waals surface area contributed by atoms with E-state index < -0.39 is 0 Å². The minimum absolute atomic E-state index is 0.221. The van der Waals surface area contributed by atoms with Gasteiger partial charge in [0.1, 0.15) is 29.5 Å². The fourth-order valence-electron chi connectivity index (χ4n) is 6.23. The number of nitrogens with one attached hydrogen (secondary N) is 3. The molecule has 11 heteroatoms. The molecule has 238 valence electrons. The molecule has 0 saturated carbocycles. The number of hydrogen-bond donors (Lipinski definition) is 3. The second kappa shape index (κ2) is 12.7. The normalized spacial score (nSPS) is 13.4. The van der Waals surface area contributed by atoms with Gasteiger partial charge in [-0.25, -0.2) is 9.37 Å². The highest BCUT2D eigenvalue weighted by Crippen LogP contribution is 2.35. The highest BCUT2D eigenvalue weighted by molar-refractivity contribution is 6.04. The maximum atomic E-state index is 14.8. The number of halogens is 1. The van der Waals surface area contributed by atoms with Crippen LogP contribution in [-0.4, -0.2) is 67.2 Å². The highest BCUT2D eigenvalue weighted by atomic mass is 19.1. The summed E-state index contributed by atoms with van der Waals surface area (Å²) in [5, 5.41) is 12.3. The minimum atomic E-state index is -0.360. The van der Waals surface area contributed by atoms with Gasteiger partial charge in [-0.1, -0.05) is 18.2 Å². The molecule has 0 unspecified atom stereocenters. The molecule has 1 amide bonds. The van der Waals surface area contributed by atoms with Crippen molar-refractivity contribution < 1.29 is 13.9 Å². The van der Waals surface area contributed by atoms with E-state index in [0.29, 0.717) is 46.2 Å². The Morgan fingerprint density at radius 2 is 1.79 bits per heavy atom. The topological polar surface area (TPSA) is 125 Å². The van der Waals surface area contributed by atoms with Crippen LogP contribution < -0.4 is 10.1 Å². The van der Waals surface area contributed by atoms with Gasteiger partial charge < -0.3 is 15.0 Å². The molecule has 1 saturated heterocycles. The molecule has 0 spiro atoms. The maximum absolute atomic E-state index is 14.8. The Morgan fingerprint density at radius 1 is 0.917 bits per heavy atom. The summed E-state index contributed by atoms with van der Waals surface area (Å²) >= 11 is 0. The number of hydrogen-bond acceptors (Lipinski definition) is 7. The summed E-state index contributed by atoms with van der Waals surface area (Å²) in [5.41, 5.74) is 6.88. The third-order valence-corrected chi connectivity index (χ3v) is 8.62. The van der Waals surface area contributed by atoms with Crippen LogP contribution in [0.3, 0.4) is 0 Å². The van der Waals surface area contributed by atoms with Gasteiger partial charge in [0.25, 0.3) is 5.91 Å². The summed E-state index contributed by atoms with van der Waals surface area (Å²) in [6.45, 7) is 3.51. The minimum Gasteiger partial charge on any atom is -0.492 e. The van der Waals surface area contributed by atoms with E-state index in [-0.39, 0.29) is 11.7 Å². The van der Waals surface area contributed by atoms with E-state index in [4.69, 9.17) is 4.74 Å². The summed E-state index contributed by atoms with van der Waals surface area (Å²) in [7, 11) is 0. The Hall–Kier alpha value is -5.94. The average Bonchev–Trinajstić information content (AvgIpc) is 3.88. The van der Waals surface area contributed by atoms with Crippen molar-refractivity contribution in [3.05, 3.63) is 109 Å². The average molecular weight is 639 g/mol. The van der Waals surface area contributed by atoms with Crippen LogP contribution in [0.15, 0.2) is 97.6 Å². The lowest BCUT2D eigenvalue weighted by molar-refractivity contribution is 0.102. The van der Waals surface area contributed by atoms with E-state index in [0.717, 1.165) is 52.7 Å². The van der Waals surface area contributed by atoms with Crippen LogP contribution in [0.25, 0.3) is 55.7 Å². The number of fused-ring (bicyclic) bond motifs is 2. The zero-order valence-electron chi connectivity index (χ0n) is 25.9. The van der Waals surface area contributed by atoms with Crippen molar-refractivity contribution in [3.8, 4) is 39.5 Å². The summed E-state index contributed by atoms with van der Waals surface area (Å²) in [4.78, 5) is 32.0. The number of rotatable bonds is 9. The van der Waals surface area contributed by atoms with Crippen LogP contribution in [0.1, 0.15) is 23.2 Å². The molecule has 0 aliphatic carbocycles. The highest BCUT2D eigenvalue weighted by Gasteiger charge is 2.17. The first kappa shape index (κ1) is 29.5. The van der Waals surface area contributed by atoms with Crippen LogP contribution in [0.2, 0.25) is 0 Å². The molecule has 48 heavy (non-hydrogen) atoms. The van der Waals surface area contributed by atoms with E-state index in [1.54, 1.807) is 36.9 Å². The molecular formula is C37H31FN8O2. The monoisotopic (exact) mass is 638 g/mol. The van der Waals surface area contributed by atoms with Crippen LogP contribution in [0, 0.1) is 5.82 Å². The maximum Gasteiger partial charge on any atom is 0.255 e. The van der Waals surface area contributed by atoms with Crippen LogP contribution in [0.5, 0.6) is 5.75 Å². The number of amides is 1. The van der Waals surface area contributed by atoms with Gasteiger partial charge in [-0.15, -0.1) is 0 Å². The summed E-state index contributed by atoms with van der Waals surface area (Å²) < 4.78 is 20.8. The van der Waals surface area contributed by atoms with Crippen molar-refractivity contribution in [2.24, 2.45) is 0 Å². The fourth-order valence-corrected chi connectivity index (χ4v) is 6.23. The molecule has 0 atom stereocenters. The molecule has 2 aromatic carbocycles. The van der Waals surface area contributed by atoms with Gasteiger partial charge in [0.05, 0.1) is 35.0 Å². The molecule has 0 radical (unpaired) electrons. The number of aromatic amines is 2. The van der Waals surface area contributed by atoms with E-state index >= 15 is 0 Å². The predicted octanol–water partition coefficient (Wildman–Crippen LogP) is 7.10. The number of carbonyl (C=O) groups excluding carboxylic acids is 1. The molecule has 7 aromatic rings. The molecule has 10 nitrogen and oxygen atoms in total. The second-order valence-corrected chi connectivity index (χ2v) is 11.8. The summed E-state index contributed by atoms with van der Waals surface area (Å²) in [6.07, 6.45) is 9.17. The van der Waals surface area contributed by atoms with E-state index in [1.807, 2.05) is 48.5 Å². The van der Waals surface area contributed by atoms with Crippen LogP contribution in [-0.2, 0) is 0 Å². The number of ether oxygens (including phenoxy) is 1. The van der Waals surface area contributed by atoms with Crippen molar-refractivity contribution in [1.29, 1.82) is 0 Å². The molecule has 0 bridgehead atoms. The molecule has 8 rings (SSSR count). The number of anilines is 1. The van der Waals surface area contributed by atoms with E-state index in [9.17, 15) is 9.18 Å². The van der Waals surface area contributed by atoms with Crippen LogP contribution >= 0.6 is 0 Å². The Bertz CT molecular complexity index is 2260. The number of nitrogens with zero attached hydrogens (tertiary/aromatic N) is 5. The zero-order valence-corrected chi connectivity index (χ0v) is 25.9. The molecule has 1 fully saturated rings. The Morgan fingerprint density at radius 3 is 2.67 bits per heavy atom. The third-order valence-electron chi connectivity index (χ3n) is 8.62. The lowest BCUT2D eigenvalue weighted by Gasteiger charge is -2.15. The smallest absolute Gasteiger partial charge is 0.255 e. The molecule has 3 N–H and O–H groups in total. The Balaban J connectivity index is 1.08. The largest absolute Gasteiger partial charge is 0.492 e. The first-order valence-corrected chi connectivity index (χ1v) is 15.9. The van der Waals surface area contributed by atoms with Crippen molar-refractivity contribution in [3.63, 3.8) is 0 Å². The predicted molar refractivity (Wildman–Crippen MR) is 183 cm³/mol. The summed E-state index contributed by atoms with van der Waals surface area (Å²) in [5.74, 6) is -0.0799. The molecule has 5 aromatic heterocycles. The molecular weight excluding hydrogens is 607 g/mol. The number of carbonyl (C=O) groups is 1. The van der Waals surface area contributed by atoms with Crippen molar-refractivity contribution in [2.45, 2.75) is 12.8 Å². The lowest BCUT2D eigenvalue weighted by Crippen LogP contribution is -2.25. The lowest BCUT2D eigenvalue weighted by atomic mass is 10.0. The molecule has 1 aliphatic heterocycles. The van der Waals surface area contributed by atoms with Gasteiger partial charge in [-0.05, 0) is 85.6 Å². The van der Waals surface area contributed by atoms with Gasteiger partial charge in [0, 0.05) is 46.9 Å². The van der Waals surface area contributed by atoms with Crippen molar-refractivity contribution in [2.75, 3.05) is 31.6 Å². The number of likely N-dealkylation sites (tertiary alicyclic amines) is 1. The SMILES string of the molecule is O=C(Nc1cncc(-c2cc3c(-c4cc5c(-c6cc(F)cc(OCCN7CCCC7)c6)ccnc5[nH]4)n[nH]c3cn2)c1)c1ccccc1. The van der Waals surface area contributed by atoms with E-state index in [2.05, 4.69) is 40.3 Å². The Kier molecular flexibility index (Phi) is 7.79. The standard InChI is InChI=1S/C37H31FN8O2/c38-26-14-24(16-28(17-26)48-13-12-46-10-4-5-11-46)29-8-9-40-36-30(29)18-33(43-36)35-31-19-32(41-22-34(31)44-45-35)25-15-27(21-39-20-25)42-37(47)23-6-2-1-3-7-23/h1-3,6-9,14-22H,4-5,10-13H2,(H,40,43)(H,42,47)(H,44,45). The second-order valence-electron chi connectivity index (χ2n) is 11.8. The van der Waals surface area contributed by atoms with Gasteiger partial charge in [0.2, 0.25) is 0 Å². The van der Waals surface area contributed by atoms with Crippen LogP contribution in [0.4, 0.5) is 10.1 Å². The zero-order chi connectivity index (χ0) is 32.5. The first-order chi connectivity index (χ1) is 23.6.